The molecule has 0 aliphatic heterocycles. The van der Waals surface area contributed by atoms with Crippen molar-refractivity contribution in [1.82, 2.24) is 10.2 Å². The van der Waals surface area contributed by atoms with Crippen LogP contribution >= 0.6 is 0 Å². The van der Waals surface area contributed by atoms with Gasteiger partial charge in [-0.2, -0.15) is 0 Å². The van der Waals surface area contributed by atoms with E-state index in [1.807, 2.05) is 5.32 Å². The predicted octanol–water partition coefficient (Wildman–Crippen LogP) is 2.43. The van der Waals surface area contributed by atoms with Crippen molar-refractivity contribution in [3.63, 3.8) is 0 Å². The summed E-state index contributed by atoms with van der Waals surface area (Å²) in [4.78, 5) is 25.2. The van der Waals surface area contributed by atoms with Crippen LogP contribution in [0.4, 0.5) is 23.2 Å². The van der Waals surface area contributed by atoms with Gasteiger partial charge in [0.15, 0.2) is 17.5 Å². The molecule has 0 aliphatic rings. The molecule has 0 radical (unpaired) electrons. The van der Waals surface area contributed by atoms with E-state index in [2.05, 4.69) is 5.32 Å². The van der Waals surface area contributed by atoms with Crippen molar-refractivity contribution >= 4 is 17.5 Å². The SMILES string of the molecule is CN(CC(=O)NCC(=O)Nc1ccc(F)c(F)c1F)Cc1ccc(F)cc1. The summed E-state index contributed by atoms with van der Waals surface area (Å²) in [6.45, 7) is -0.119. The fourth-order valence-corrected chi connectivity index (χ4v) is 2.25. The first-order valence-electron chi connectivity index (χ1n) is 7.89. The van der Waals surface area contributed by atoms with Crippen molar-refractivity contribution in [3.8, 4) is 0 Å². The highest BCUT2D eigenvalue weighted by molar-refractivity contribution is 5.94. The lowest BCUT2D eigenvalue weighted by Gasteiger charge is -2.16. The average Bonchev–Trinajstić information content (AvgIpc) is 2.62. The molecule has 0 saturated carbocycles. The molecular weight excluding hydrogens is 366 g/mol. The number of hydrogen-bond acceptors (Lipinski definition) is 3. The highest BCUT2D eigenvalue weighted by Crippen LogP contribution is 2.19. The van der Waals surface area contributed by atoms with E-state index in [0.29, 0.717) is 12.6 Å². The molecule has 2 rings (SSSR count). The Balaban J connectivity index is 1.78. The van der Waals surface area contributed by atoms with Gasteiger partial charge in [0.25, 0.3) is 0 Å². The molecule has 0 unspecified atom stereocenters. The summed E-state index contributed by atoms with van der Waals surface area (Å²) in [5.74, 6) is -6.21. The van der Waals surface area contributed by atoms with Crippen LogP contribution in [0, 0.1) is 23.3 Å². The summed E-state index contributed by atoms with van der Waals surface area (Å²) in [6, 6.07) is 7.36. The average molecular weight is 383 g/mol. The van der Waals surface area contributed by atoms with Crippen molar-refractivity contribution < 1.29 is 27.2 Å². The van der Waals surface area contributed by atoms with Gasteiger partial charge in [0.2, 0.25) is 11.8 Å². The summed E-state index contributed by atoms with van der Waals surface area (Å²) < 4.78 is 52.3. The quantitative estimate of drug-likeness (QED) is 0.570. The Labute approximate surface area is 153 Å². The van der Waals surface area contributed by atoms with Gasteiger partial charge in [-0.1, -0.05) is 12.1 Å². The third-order valence-corrected chi connectivity index (χ3v) is 3.53. The van der Waals surface area contributed by atoms with Crippen LogP contribution in [-0.2, 0) is 16.1 Å². The Morgan fingerprint density at radius 2 is 1.59 bits per heavy atom. The number of amides is 2. The van der Waals surface area contributed by atoms with Crippen LogP contribution in [0.25, 0.3) is 0 Å². The van der Waals surface area contributed by atoms with E-state index in [0.717, 1.165) is 11.6 Å². The summed E-state index contributed by atoms with van der Waals surface area (Å²) in [7, 11) is 1.67. The molecule has 9 heteroatoms. The number of benzene rings is 2. The minimum absolute atomic E-state index is 0.0375. The van der Waals surface area contributed by atoms with Crippen LogP contribution in [0.15, 0.2) is 36.4 Å². The van der Waals surface area contributed by atoms with E-state index in [1.165, 1.54) is 12.1 Å². The summed E-state index contributed by atoms with van der Waals surface area (Å²) in [5.41, 5.74) is 0.278. The van der Waals surface area contributed by atoms with Gasteiger partial charge < -0.3 is 10.6 Å². The van der Waals surface area contributed by atoms with Crippen molar-refractivity contribution in [2.24, 2.45) is 0 Å². The second kappa shape index (κ2) is 9.13. The third kappa shape index (κ3) is 6.07. The Morgan fingerprint density at radius 1 is 0.926 bits per heavy atom. The normalized spacial score (nSPS) is 10.7. The number of carbonyl (C=O) groups is 2. The van der Waals surface area contributed by atoms with Gasteiger partial charge in [-0.25, -0.2) is 17.6 Å². The molecule has 5 nitrogen and oxygen atoms in total. The van der Waals surface area contributed by atoms with Gasteiger partial charge in [-0.05, 0) is 36.9 Å². The highest BCUT2D eigenvalue weighted by Gasteiger charge is 2.16. The largest absolute Gasteiger partial charge is 0.346 e. The van der Waals surface area contributed by atoms with Gasteiger partial charge in [0.1, 0.15) is 5.82 Å². The van der Waals surface area contributed by atoms with E-state index in [4.69, 9.17) is 0 Å². The number of carbonyl (C=O) groups excluding carboxylic acids is 2. The van der Waals surface area contributed by atoms with E-state index in [1.54, 1.807) is 24.1 Å². The number of hydrogen-bond donors (Lipinski definition) is 2. The number of likely N-dealkylation sites (N-methyl/N-ethyl adjacent to an activating group) is 1. The molecule has 0 atom stereocenters. The molecule has 0 spiro atoms. The van der Waals surface area contributed by atoms with Gasteiger partial charge in [0.05, 0.1) is 18.8 Å². The maximum Gasteiger partial charge on any atom is 0.243 e. The molecular formula is C18H17F4N3O2. The lowest BCUT2D eigenvalue weighted by molar-refractivity contribution is -0.124. The number of nitrogens with one attached hydrogen (secondary N) is 2. The molecule has 0 bridgehead atoms. The molecule has 144 valence electrons. The Hall–Kier alpha value is -2.94. The van der Waals surface area contributed by atoms with E-state index < -0.39 is 41.5 Å². The Kier molecular flexibility index (Phi) is 6.89. The van der Waals surface area contributed by atoms with Gasteiger partial charge in [-0.15, -0.1) is 0 Å². The maximum absolute atomic E-state index is 13.5. The molecule has 0 saturated heterocycles. The Bertz CT molecular complexity index is 828. The third-order valence-electron chi connectivity index (χ3n) is 3.53. The number of rotatable bonds is 7. The standard InChI is InChI=1S/C18H17F4N3O2/c1-25(9-11-2-4-12(19)5-3-11)10-16(27)23-8-15(26)24-14-7-6-13(20)17(21)18(14)22/h2-7H,8-10H2,1H3,(H,23,27)(H,24,26). The molecule has 27 heavy (non-hydrogen) atoms. The first-order chi connectivity index (χ1) is 12.8. The highest BCUT2D eigenvalue weighted by atomic mass is 19.2. The smallest absolute Gasteiger partial charge is 0.243 e. The fraction of sp³-hybridized carbons (Fsp3) is 0.222. The van der Waals surface area contributed by atoms with Crippen LogP contribution in [0.2, 0.25) is 0 Å². The summed E-state index contributed by atoms with van der Waals surface area (Å²) >= 11 is 0. The monoisotopic (exact) mass is 383 g/mol. The Morgan fingerprint density at radius 3 is 2.26 bits per heavy atom. The lowest BCUT2D eigenvalue weighted by atomic mass is 10.2. The molecule has 2 N–H and O–H groups in total. The molecule has 0 aromatic heterocycles. The van der Waals surface area contributed by atoms with E-state index in [9.17, 15) is 27.2 Å². The topological polar surface area (TPSA) is 61.4 Å². The van der Waals surface area contributed by atoms with Crippen LogP contribution in [0.1, 0.15) is 5.56 Å². The van der Waals surface area contributed by atoms with Crippen molar-refractivity contribution in [1.29, 1.82) is 0 Å². The number of halogens is 4. The number of nitrogens with zero attached hydrogens (tertiary/aromatic N) is 1. The van der Waals surface area contributed by atoms with Crippen molar-refractivity contribution in [2.45, 2.75) is 6.54 Å². The molecule has 2 aromatic carbocycles. The summed E-state index contributed by atoms with van der Waals surface area (Å²) in [5, 5.41) is 4.38. The van der Waals surface area contributed by atoms with Crippen LogP contribution in [0.3, 0.4) is 0 Å². The fourth-order valence-electron chi connectivity index (χ4n) is 2.25. The minimum Gasteiger partial charge on any atom is -0.346 e. The minimum atomic E-state index is -1.70. The summed E-state index contributed by atoms with van der Waals surface area (Å²) in [6.07, 6.45) is 0. The van der Waals surface area contributed by atoms with Crippen LogP contribution < -0.4 is 10.6 Å². The molecule has 0 aliphatic carbocycles. The van der Waals surface area contributed by atoms with Gasteiger partial charge in [-0.3, -0.25) is 14.5 Å². The second-order valence-corrected chi connectivity index (χ2v) is 5.85. The zero-order chi connectivity index (χ0) is 20.0. The molecule has 2 aromatic rings. The lowest BCUT2D eigenvalue weighted by Crippen LogP contribution is -2.39. The molecule has 2 amide bonds. The van der Waals surface area contributed by atoms with Crippen LogP contribution in [-0.4, -0.2) is 36.9 Å². The van der Waals surface area contributed by atoms with Crippen molar-refractivity contribution in [3.05, 3.63) is 65.2 Å². The van der Waals surface area contributed by atoms with Gasteiger partial charge in [0, 0.05) is 6.54 Å². The van der Waals surface area contributed by atoms with Gasteiger partial charge >= 0.3 is 0 Å². The first kappa shape index (κ1) is 20.4. The zero-order valence-corrected chi connectivity index (χ0v) is 14.4. The maximum atomic E-state index is 13.5. The van der Waals surface area contributed by atoms with E-state index in [-0.39, 0.29) is 12.4 Å². The first-order valence-corrected chi connectivity index (χ1v) is 7.89. The van der Waals surface area contributed by atoms with Crippen molar-refractivity contribution in [2.75, 3.05) is 25.5 Å². The second-order valence-electron chi connectivity index (χ2n) is 5.85. The molecule has 0 fully saturated rings. The zero-order valence-electron chi connectivity index (χ0n) is 14.4. The van der Waals surface area contributed by atoms with E-state index >= 15 is 0 Å². The number of anilines is 1. The van der Waals surface area contributed by atoms with Crippen LogP contribution in [0.5, 0.6) is 0 Å². The molecule has 0 heterocycles. The predicted molar refractivity (Wildman–Crippen MR) is 90.7 cm³/mol.